The van der Waals surface area contributed by atoms with Crippen molar-refractivity contribution in [3.63, 3.8) is 0 Å². The normalized spacial score (nSPS) is 14.6. The SMILES string of the molecule is COC(=O)c1cc(N(C(=O)OC(C)(C)C)C(=O)OC(C)(C)C)cc(N2CCOCC2)n1. The van der Waals surface area contributed by atoms with Gasteiger partial charge in [-0.25, -0.2) is 19.4 Å². The smallest absolute Gasteiger partial charge is 0.424 e. The number of anilines is 2. The molecule has 1 aliphatic rings. The molecule has 0 radical (unpaired) electrons. The van der Waals surface area contributed by atoms with Crippen molar-refractivity contribution in [1.29, 1.82) is 0 Å². The van der Waals surface area contributed by atoms with Gasteiger partial charge in [0.15, 0.2) is 5.69 Å². The molecule has 0 aromatic carbocycles. The average molecular weight is 437 g/mol. The van der Waals surface area contributed by atoms with Crippen LogP contribution in [0.4, 0.5) is 21.1 Å². The molecule has 0 N–H and O–H groups in total. The number of carbonyl (C=O) groups is 3. The summed E-state index contributed by atoms with van der Waals surface area (Å²) in [7, 11) is 1.23. The van der Waals surface area contributed by atoms with Crippen molar-refractivity contribution in [1.82, 2.24) is 4.98 Å². The first-order valence-corrected chi connectivity index (χ1v) is 10.00. The molecule has 1 saturated heterocycles. The first-order chi connectivity index (χ1) is 14.3. The first kappa shape index (κ1) is 24.4. The molecule has 1 aromatic rings. The Labute approximate surface area is 182 Å². The molecular formula is C21H31N3O7. The first-order valence-electron chi connectivity index (χ1n) is 10.00. The number of esters is 1. The highest BCUT2D eigenvalue weighted by Crippen LogP contribution is 2.27. The second kappa shape index (κ2) is 9.51. The number of amides is 2. The summed E-state index contributed by atoms with van der Waals surface area (Å²) in [5, 5.41) is 0. The number of carbonyl (C=O) groups excluding carboxylic acids is 3. The number of methoxy groups -OCH3 is 1. The molecule has 2 heterocycles. The van der Waals surface area contributed by atoms with Crippen molar-refractivity contribution < 1.29 is 33.3 Å². The third kappa shape index (κ3) is 7.09. The Morgan fingerprint density at radius 2 is 1.48 bits per heavy atom. The Hall–Kier alpha value is -2.88. The molecule has 0 aliphatic carbocycles. The monoisotopic (exact) mass is 437 g/mol. The minimum absolute atomic E-state index is 0.0568. The minimum Gasteiger partial charge on any atom is -0.464 e. The van der Waals surface area contributed by atoms with E-state index in [-0.39, 0.29) is 11.4 Å². The van der Waals surface area contributed by atoms with Crippen LogP contribution in [0.2, 0.25) is 0 Å². The van der Waals surface area contributed by atoms with E-state index in [0.717, 1.165) is 4.90 Å². The van der Waals surface area contributed by atoms with E-state index in [4.69, 9.17) is 18.9 Å². The zero-order valence-corrected chi connectivity index (χ0v) is 19.2. The number of nitrogens with zero attached hydrogens (tertiary/aromatic N) is 3. The number of imide groups is 1. The van der Waals surface area contributed by atoms with E-state index < -0.39 is 29.4 Å². The third-order valence-electron chi connectivity index (χ3n) is 3.94. The second-order valence-electron chi connectivity index (χ2n) is 8.96. The van der Waals surface area contributed by atoms with Gasteiger partial charge in [0, 0.05) is 19.2 Å². The fraction of sp³-hybridized carbons (Fsp3) is 0.619. The third-order valence-corrected chi connectivity index (χ3v) is 3.94. The Morgan fingerprint density at radius 1 is 0.968 bits per heavy atom. The molecule has 10 heteroatoms. The quantitative estimate of drug-likeness (QED) is 0.519. The van der Waals surface area contributed by atoms with E-state index >= 15 is 0 Å². The van der Waals surface area contributed by atoms with E-state index in [2.05, 4.69) is 4.98 Å². The van der Waals surface area contributed by atoms with Gasteiger partial charge in [-0.2, -0.15) is 4.90 Å². The zero-order valence-electron chi connectivity index (χ0n) is 19.2. The second-order valence-corrected chi connectivity index (χ2v) is 8.96. The molecule has 172 valence electrons. The summed E-state index contributed by atoms with van der Waals surface area (Å²) in [5.74, 6) is -0.303. The standard InChI is InChI=1S/C21H31N3O7/c1-20(2,3)30-18(26)24(19(27)31-21(4,5)6)14-12-15(17(25)28-7)22-16(13-14)23-8-10-29-11-9-23/h12-13H,8-11H2,1-7H3. The molecule has 2 amide bonds. The van der Waals surface area contributed by atoms with Gasteiger partial charge in [-0.3, -0.25) is 0 Å². The molecule has 0 unspecified atom stereocenters. The van der Waals surface area contributed by atoms with Gasteiger partial charge in [-0.1, -0.05) is 0 Å². The molecule has 0 spiro atoms. The van der Waals surface area contributed by atoms with Gasteiger partial charge in [0.05, 0.1) is 26.0 Å². The van der Waals surface area contributed by atoms with Crippen LogP contribution in [0.3, 0.4) is 0 Å². The fourth-order valence-corrected chi connectivity index (χ4v) is 2.70. The molecule has 1 aromatic heterocycles. The summed E-state index contributed by atoms with van der Waals surface area (Å²) in [6.45, 7) is 12.2. The lowest BCUT2D eigenvalue weighted by atomic mass is 10.2. The van der Waals surface area contributed by atoms with Gasteiger partial charge in [-0.15, -0.1) is 0 Å². The van der Waals surface area contributed by atoms with Gasteiger partial charge >= 0.3 is 18.2 Å². The van der Waals surface area contributed by atoms with Gasteiger partial charge < -0.3 is 23.8 Å². The lowest BCUT2D eigenvalue weighted by Gasteiger charge is -2.31. The van der Waals surface area contributed by atoms with Crippen LogP contribution in [-0.2, 0) is 18.9 Å². The highest BCUT2D eigenvalue weighted by molar-refractivity contribution is 6.10. The van der Waals surface area contributed by atoms with Crippen molar-refractivity contribution in [2.75, 3.05) is 43.2 Å². The minimum atomic E-state index is -0.934. The number of ether oxygens (including phenoxy) is 4. The van der Waals surface area contributed by atoms with Crippen molar-refractivity contribution in [3.05, 3.63) is 17.8 Å². The highest BCUT2D eigenvalue weighted by Gasteiger charge is 2.34. The van der Waals surface area contributed by atoms with Crippen LogP contribution in [0.1, 0.15) is 52.0 Å². The largest absolute Gasteiger partial charge is 0.464 e. The summed E-state index contributed by atoms with van der Waals surface area (Å²) in [5.41, 5.74) is -1.69. The van der Waals surface area contributed by atoms with Crippen LogP contribution in [-0.4, -0.2) is 67.8 Å². The molecule has 0 bridgehead atoms. The molecule has 0 atom stereocenters. The van der Waals surface area contributed by atoms with Crippen LogP contribution in [0.5, 0.6) is 0 Å². The van der Waals surface area contributed by atoms with Gasteiger partial charge in [0.2, 0.25) is 0 Å². The number of hydrogen-bond acceptors (Lipinski definition) is 9. The average Bonchev–Trinajstić information content (AvgIpc) is 2.65. The molecule has 1 aliphatic heterocycles. The highest BCUT2D eigenvalue weighted by atomic mass is 16.6. The number of pyridine rings is 1. The maximum atomic E-state index is 13.0. The van der Waals surface area contributed by atoms with Crippen LogP contribution >= 0.6 is 0 Å². The fourth-order valence-electron chi connectivity index (χ4n) is 2.70. The van der Waals surface area contributed by atoms with Crippen molar-refractivity contribution in [2.45, 2.75) is 52.7 Å². The summed E-state index contributed by atoms with van der Waals surface area (Å²) < 4.78 is 21.0. The molecule has 31 heavy (non-hydrogen) atoms. The summed E-state index contributed by atoms with van der Waals surface area (Å²) >= 11 is 0. The summed E-state index contributed by atoms with van der Waals surface area (Å²) in [6, 6.07) is 2.83. The van der Waals surface area contributed by atoms with Crippen LogP contribution in [0.25, 0.3) is 0 Å². The molecular weight excluding hydrogens is 406 g/mol. The Bertz CT molecular complexity index is 793. The summed E-state index contributed by atoms with van der Waals surface area (Å²) in [4.78, 5) is 45.1. The number of aromatic nitrogens is 1. The van der Waals surface area contributed by atoms with Crippen molar-refractivity contribution in [3.8, 4) is 0 Å². The van der Waals surface area contributed by atoms with Gasteiger partial charge in [0.1, 0.15) is 17.0 Å². The van der Waals surface area contributed by atoms with Gasteiger partial charge in [-0.05, 0) is 47.6 Å². The van der Waals surface area contributed by atoms with Crippen LogP contribution < -0.4 is 9.80 Å². The number of hydrogen-bond donors (Lipinski definition) is 0. The number of rotatable bonds is 3. The Morgan fingerprint density at radius 3 is 1.94 bits per heavy atom. The lowest BCUT2D eigenvalue weighted by molar-refractivity contribution is 0.0428. The number of morpholine rings is 1. The molecule has 0 saturated carbocycles. The molecule has 2 rings (SSSR count). The van der Waals surface area contributed by atoms with E-state index in [1.807, 2.05) is 4.90 Å². The Kier molecular flexibility index (Phi) is 7.48. The van der Waals surface area contributed by atoms with Gasteiger partial charge in [0.25, 0.3) is 0 Å². The van der Waals surface area contributed by atoms with E-state index in [1.165, 1.54) is 19.2 Å². The topological polar surface area (TPSA) is 108 Å². The van der Waals surface area contributed by atoms with Crippen LogP contribution in [0, 0.1) is 0 Å². The van der Waals surface area contributed by atoms with E-state index in [1.54, 1.807) is 41.5 Å². The molecule has 1 fully saturated rings. The zero-order chi connectivity index (χ0) is 23.4. The Balaban J connectivity index is 2.56. The van der Waals surface area contributed by atoms with Crippen molar-refractivity contribution in [2.24, 2.45) is 0 Å². The van der Waals surface area contributed by atoms with E-state index in [9.17, 15) is 14.4 Å². The van der Waals surface area contributed by atoms with Crippen molar-refractivity contribution >= 4 is 29.7 Å². The predicted molar refractivity (Wildman–Crippen MR) is 114 cm³/mol. The van der Waals surface area contributed by atoms with Crippen LogP contribution in [0.15, 0.2) is 12.1 Å². The molecule has 10 nitrogen and oxygen atoms in total. The maximum Gasteiger partial charge on any atom is 0.424 e. The lowest BCUT2D eigenvalue weighted by Crippen LogP contribution is -2.44. The maximum absolute atomic E-state index is 13.0. The summed E-state index contributed by atoms with van der Waals surface area (Å²) in [6.07, 6.45) is -1.87. The predicted octanol–water partition coefficient (Wildman–Crippen LogP) is 3.38. The van der Waals surface area contributed by atoms with E-state index in [0.29, 0.717) is 32.1 Å².